The third-order valence-corrected chi connectivity index (χ3v) is 3.60. The number of imide groups is 1. The molecule has 1 aromatic carbocycles. The van der Waals surface area contributed by atoms with Crippen molar-refractivity contribution in [3.8, 4) is 0 Å². The average molecular weight is 310 g/mol. The van der Waals surface area contributed by atoms with Gasteiger partial charge in [-0.25, -0.2) is 9.59 Å². The largest absolute Gasteiger partial charge is 0.465 e. The molecule has 0 aliphatic heterocycles. The standard InChI is InChI=1S/C14H18N2O4S/c1-15-14(19)16-12(17)6-7-21-9-10-4-3-5-11(8-10)13(18)20-2/h3-5,8H,6-7,9H2,1-2H3,(H2,15,16,17,19). The van der Waals surface area contributed by atoms with E-state index >= 15 is 0 Å². The average Bonchev–Trinajstić information content (AvgIpc) is 2.50. The quantitative estimate of drug-likeness (QED) is 0.615. The van der Waals surface area contributed by atoms with Gasteiger partial charge >= 0.3 is 12.0 Å². The second-order valence-corrected chi connectivity index (χ2v) is 5.23. The number of rotatable bonds is 6. The molecule has 0 aromatic heterocycles. The lowest BCUT2D eigenvalue weighted by Gasteiger charge is -2.05. The Labute approximate surface area is 127 Å². The molecule has 7 heteroatoms. The third-order valence-electron chi connectivity index (χ3n) is 2.57. The van der Waals surface area contributed by atoms with Crippen molar-refractivity contribution < 1.29 is 19.1 Å². The molecule has 0 unspecified atom stereocenters. The number of hydrogen-bond donors (Lipinski definition) is 2. The van der Waals surface area contributed by atoms with Crippen LogP contribution in [0.4, 0.5) is 4.79 Å². The summed E-state index contributed by atoms with van der Waals surface area (Å²) in [5.41, 5.74) is 1.49. The monoisotopic (exact) mass is 310 g/mol. The van der Waals surface area contributed by atoms with E-state index in [4.69, 9.17) is 0 Å². The lowest BCUT2D eigenvalue weighted by atomic mass is 10.1. The summed E-state index contributed by atoms with van der Waals surface area (Å²) in [5.74, 6) is 0.584. The SMILES string of the molecule is CNC(=O)NC(=O)CCSCc1cccc(C(=O)OC)c1. The highest BCUT2D eigenvalue weighted by Crippen LogP contribution is 2.15. The summed E-state index contributed by atoms with van der Waals surface area (Å²) >= 11 is 1.55. The van der Waals surface area contributed by atoms with Gasteiger partial charge < -0.3 is 10.1 Å². The van der Waals surface area contributed by atoms with E-state index in [9.17, 15) is 14.4 Å². The highest BCUT2D eigenvalue weighted by atomic mass is 32.2. The van der Waals surface area contributed by atoms with Crippen LogP contribution in [-0.4, -0.2) is 37.8 Å². The predicted octanol–water partition coefficient (Wildman–Crippen LogP) is 1.55. The van der Waals surface area contributed by atoms with Crippen LogP contribution in [0, 0.1) is 0 Å². The number of thioether (sulfide) groups is 1. The van der Waals surface area contributed by atoms with Crippen molar-refractivity contribution in [2.24, 2.45) is 0 Å². The van der Waals surface area contributed by atoms with Gasteiger partial charge in [0.1, 0.15) is 0 Å². The lowest BCUT2D eigenvalue weighted by Crippen LogP contribution is -2.37. The molecule has 114 valence electrons. The van der Waals surface area contributed by atoms with Crippen LogP contribution in [0.3, 0.4) is 0 Å². The summed E-state index contributed by atoms with van der Waals surface area (Å²) < 4.78 is 4.66. The van der Waals surface area contributed by atoms with Crippen LogP contribution in [0.15, 0.2) is 24.3 Å². The fourth-order valence-electron chi connectivity index (χ4n) is 1.51. The number of methoxy groups -OCH3 is 1. The first kappa shape index (κ1) is 17.0. The molecule has 0 fully saturated rings. The molecule has 0 aliphatic rings. The number of hydrogen-bond acceptors (Lipinski definition) is 5. The zero-order chi connectivity index (χ0) is 15.7. The maximum atomic E-state index is 11.4. The molecule has 1 rings (SSSR count). The van der Waals surface area contributed by atoms with Crippen LogP contribution in [-0.2, 0) is 15.3 Å². The van der Waals surface area contributed by atoms with Crippen LogP contribution < -0.4 is 10.6 Å². The van der Waals surface area contributed by atoms with E-state index in [2.05, 4.69) is 15.4 Å². The van der Waals surface area contributed by atoms with Gasteiger partial charge in [-0.1, -0.05) is 12.1 Å². The van der Waals surface area contributed by atoms with E-state index in [1.807, 2.05) is 6.07 Å². The Bertz CT molecular complexity index is 519. The molecule has 3 amide bonds. The van der Waals surface area contributed by atoms with Crippen molar-refractivity contribution >= 4 is 29.7 Å². The van der Waals surface area contributed by atoms with Gasteiger partial charge in [0.2, 0.25) is 5.91 Å². The fraction of sp³-hybridized carbons (Fsp3) is 0.357. The summed E-state index contributed by atoms with van der Waals surface area (Å²) in [4.78, 5) is 33.7. The summed E-state index contributed by atoms with van der Waals surface area (Å²) in [5, 5.41) is 4.51. The van der Waals surface area contributed by atoms with Crippen LogP contribution in [0.2, 0.25) is 0 Å². The number of urea groups is 1. The van der Waals surface area contributed by atoms with Crippen molar-refractivity contribution in [2.75, 3.05) is 19.9 Å². The highest BCUT2D eigenvalue weighted by Gasteiger charge is 2.07. The van der Waals surface area contributed by atoms with Crippen LogP contribution in [0.5, 0.6) is 0 Å². The minimum atomic E-state index is -0.504. The Hall–Kier alpha value is -2.02. The molecule has 0 aliphatic carbocycles. The van der Waals surface area contributed by atoms with E-state index in [0.717, 1.165) is 5.56 Å². The summed E-state index contributed by atoms with van der Waals surface area (Å²) in [6, 6.07) is 6.65. The molecule has 0 atom stereocenters. The maximum absolute atomic E-state index is 11.4. The molecule has 2 N–H and O–H groups in total. The van der Waals surface area contributed by atoms with Gasteiger partial charge in [-0.15, -0.1) is 0 Å². The summed E-state index contributed by atoms with van der Waals surface area (Å²) in [7, 11) is 2.79. The number of ether oxygens (including phenoxy) is 1. The Morgan fingerprint density at radius 1 is 1.29 bits per heavy atom. The number of amides is 3. The molecular weight excluding hydrogens is 292 g/mol. The number of esters is 1. The van der Waals surface area contributed by atoms with Crippen LogP contribution in [0.25, 0.3) is 0 Å². The first-order chi connectivity index (χ1) is 10.1. The molecular formula is C14H18N2O4S. The van der Waals surface area contributed by atoms with Gasteiger partial charge in [-0.2, -0.15) is 11.8 Å². The second kappa shape index (κ2) is 9.02. The van der Waals surface area contributed by atoms with Gasteiger partial charge in [0.05, 0.1) is 12.7 Å². The summed E-state index contributed by atoms with van der Waals surface area (Å²) in [6.45, 7) is 0. The topological polar surface area (TPSA) is 84.5 Å². The molecule has 1 aromatic rings. The number of benzene rings is 1. The minimum absolute atomic E-state index is 0.259. The highest BCUT2D eigenvalue weighted by molar-refractivity contribution is 7.98. The Morgan fingerprint density at radius 3 is 2.71 bits per heavy atom. The first-order valence-electron chi connectivity index (χ1n) is 6.33. The van der Waals surface area contributed by atoms with Gasteiger partial charge in [-0.3, -0.25) is 10.1 Å². The van der Waals surface area contributed by atoms with E-state index < -0.39 is 6.03 Å². The zero-order valence-corrected chi connectivity index (χ0v) is 12.8. The van der Waals surface area contributed by atoms with E-state index in [0.29, 0.717) is 17.1 Å². The van der Waals surface area contributed by atoms with Gasteiger partial charge in [-0.05, 0) is 17.7 Å². The summed E-state index contributed by atoms with van der Waals surface area (Å²) in [6.07, 6.45) is 0.259. The van der Waals surface area contributed by atoms with Crippen molar-refractivity contribution in [1.82, 2.24) is 10.6 Å². The van der Waals surface area contributed by atoms with Crippen molar-refractivity contribution in [3.63, 3.8) is 0 Å². The normalized spacial score (nSPS) is 9.81. The third kappa shape index (κ3) is 6.31. The minimum Gasteiger partial charge on any atom is -0.465 e. The van der Waals surface area contributed by atoms with Crippen LogP contribution in [0.1, 0.15) is 22.3 Å². The molecule has 0 heterocycles. The Kier molecular flexibility index (Phi) is 7.31. The predicted molar refractivity (Wildman–Crippen MR) is 81.2 cm³/mol. The molecule has 6 nitrogen and oxygen atoms in total. The molecule has 0 saturated carbocycles. The molecule has 21 heavy (non-hydrogen) atoms. The molecule has 0 radical (unpaired) electrons. The van der Waals surface area contributed by atoms with E-state index in [1.165, 1.54) is 14.2 Å². The molecule has 0 bridgehead atoms. The number of nitrogens with one attached hydrogen (secondary N) is 2. The van der Waals surface area contributed by atoms with Crippen LogP contribution >= 0.6 is 11.8 Å². The first-order valence-corrected chi connectivity index (χ1v) is 7.49. The molecule has 0 saturated heterocycles. The van der Waals surface area contributed by atoms with E-state index in [-0.39, 0.29) is 18.3 Å². The zero-order valence-electron chi connectivity index (χ0n) is 12.0. The number of carbonyl (C=O) groups excluding carboxylic acids is 3. The second-order valence-electron chi connectivity index (χ2n) is 4.12. The fourth-order valence-corrected chi connectivity index (χ4v) is 2.40. The smallest absolute Gasteiger partial charge is 0.337 e. The van der Waals surface area contributed by atoms with Gasteiger partial charge in [0, 0.05) is 25.0 Å². The van der Waals surface area contributed by atoms with Crippen molar-refractivity contribution in [3.05, 3.63) is 35.4 Å². The van der Waals surface area contributed by atoms with Gasteiger partial charge in [0.15, 0.2) is 0 Å². The Morgan fingerprint density at radius 2 is 2.05 bits per heavy atom. The van der Waals surface area contributed by atoms with E-state index in [1.54, 1.807) is 30.0 Å². The maximum Gasteiger partial charge on any atom is 0.337 e. The Balaban J connectivity index is 2.34. The molecule has 0 spiro atoms. The number of carbonyl (C=O) groups is 3. The van der Waals surface area contributed by atoms with Crippen molar-refractivity contribution in [1.29, 1.82) is 0 Å². The van der Waals surface area contributed by atoms with Crippen molar-refractivity contribution in [2.45, 2.75) is 12.2 Å². The van der Waals surface area contributed by atoms with Gasteiger partial charge in [0.25, 0.3) is 0 Å². The lowest BCUT2D eigenvalue weighted by molar-refractivity contribution is -0.119.